The fourth-order valence-electron chi connectivity index (χ4n) is 1.65. The Kier molecular flexibility index (Phi) is 3.41. The van der Waals surface area contributed by atoms with Gasteiger partial charge in [-0.05, 0) is 29.8 Å². The molecular formula is C13H10ClF2N. The van der Waals surface area contributed by atoms with Crippen molar-refractivity contribution in [3.8, 4) is 0 Å². The smallest absolute Gasteiger partial charge is 0.128 e. The average Bonchev–Trinajstić information content (AvgIpc) is 2.32. The molecule has 0 aromatic heterocycles. The molecule has 4 heteroatoms. The van der Waals surface area contributed by atoms with Crippen molar-refractivity contribution in [2.45, 2.75) is 6.04 Å². The second-order valence-electron chi connectivity index (χ2n) is 3.67. The van der Waals surface area contributed by atoms with E-state index in [-0.39, 0.29) is 0 Å². The summed E-state index contributed by atoms with van der Waals surface area (Å²) >= 11 is 5.92. The summed E-state index contributed by atoms with van der Waals surface area (Å²) < 4.78 is 26.7. The Morgan fingerprint density at radius 3 is 2.41 bits per heavy atom. The molecule has 0 saturated carbocycles. The van der Waals surface area contributed by atoms with E-state index in [0.29, 0.717) is 16.1 Å². The molecule has 0 spiro atoms. The van der Waals surface area contributed by atoms with Gasteiger partial charge >= 0.3 is 0 Å². The summed E-state index contributed by atoms with van der Waals surface area (Å²) in [6, 6.07) is 9.19. The summed E-state index contributed by atoms with van der Waals surface area (Å²) in [7, 11) is 0. The van der Waals surface area contributed by atoms with Gasteiger partial charge in [0.2, 0.25) is 0 Å². The molecule has 1 nitrogen and oxygen atoms in total. The third-order valence-electron chi connectivity index (χ3n) is 2.53. The molecule has 0 aliphatic heterocycles. The zero-order valence-electron chi connectivity index (χ0n) is 8.83. The van der Waals surface area contributed by atoms with Crippen LogP contribution < -0.4 is 5.73 Å². The van der Waals surface area contributed by atoms with E-state index >= 15 is 0 Å². The van der Waals surface area contributed by atoms with Crippen LogP contribution in [0.25, 0.3) is 0 Å². The van der Waals surface area contributed by atoms with Crippen LogP contribution in [0.5, 0.6) is 0 Å². The first-order valence-electron chi connectivity index (χ1n) is 5.04. The van der Waals surface area contributed by atoms with E-state index in [1.807, 2.05) is 0 Å². The minimum Gasteiger partial charge on any atom is -0.320 e. The lowest BCUT2D eigenvalue weighted by atomic mass is 9.99. The van der Waals surface area contributed by atoms with Gasteiger partial charge in [0.05, 0.1) is 6.04 Å². The van der Waals surface area contributed by atoms with Crippen molar-refractivity contribution in [3.63, 3.8) is 0 Å². The van der Waals surface area contributed by atoms with Crippen molar-refractivity contribution < 1.29 is 8.78 Å². The van der Waals surface area contributed by atoms with E-state index < -0.39 is 17.7 Å². The first-order chi connectivity index (χ1) is 8.09. The highest BCUT2D eigenvalue weighted by Gasteiger charge is 2.16. The van der Waals surface area contributed by atoms with Gasteiger partial charge in [-0.25, -0.2) is 8.78 Å². The summed E-state index contributed by atoms with van der Waals surface area (Å²) in [6.45, 7) is 0. The number of halogens is 3. The van der Waals surface area contributed by atoms with Gasteiger partial charge in [0.25, 0.3) is 0 Å². The molecule has 2 aromatic carbocycles. The monoisotopic (exact) mass is 253 g/mol. The SMILES string of the molecule is NC(c1ccccc1F)c1cc(F)ccc1Cl. The van der Waals surface area contributed by atoms with E-state index in [9.17, 15) is 8.78 Å². The van der Waals surface area contributed by atoms with Gasteiger partial charge in [-0.1, -0.05) is 29.8 Å². The van der Waals surface area contributed by atoms with Crippen molar-refractivity contribution in [1.29, 1.82) is 0 Å². The van der Waals surface area contributed by atoms with Crippen LogP contribution in [-0.2, 0) is 0 Å². The van der Waals surface area contributed by atoms with Gasteiger partial charge in [0.1, 0.15) is 11.6 Å². The van der Waals surface area contributed by atoms with Crippen molar-refractivity contribution in [1.82, 2.24) is 0 Å². The third-order valence-corrected chi connectivity index (χ3v) is 2.88. The molecule has 88 valence electrons. The van der Waals surface area contributed by atoms with Gasteiger partial charge in [-0.15, -0.1) is 0 Å². The molecule has 2 rings (SSSR count). The summed E-state index contributed by atoms with van der Waals surface area (Å²) in [5.41, 5.74) is 6.56. The zero-order chi connectivity index (χ0) is 12.4. The molecule has 0 fully saturated rings. The maximum atomic E-state index is 13.5. The van der Waals surface area contributed by atoms with Crippen LogP contribution in [0.3, 0.4) is 0 Å². The highest BCUT2D eigenvalue weighted by Crippen LogP contribution is 2.28. The van der Waals surface area contributed by atoms with Crippen LogP contribution >= 0.6 is 11.6 Å². The summed E-state index contributed by atoms with van der Waals surface area (Å²) in [6.07, 6.45) is 0. The third kappa shape index (κ3) is 2.46. The molecule has 17 heavy (non-hydrogen) atoms. The van der Waals surface area contributed by atoms with E-state index in [1.165, 1.54) is 24.3 Å². The molecular weight excluding hydrogens is 244 g/mol. The quantitative estimate of drug-likeness (QED) is 0.868. The maximum absolute atomic E-state index is 13.5. The first kappa shape index (κ1) is 12.0. The van der Waals surface area contributed by atoms with Crippen LogP contribution in [0, 0.1) is 11.6 Å². The average molecular weight is 254 g/mol. The van der Waals surface area contributed by atoms with E-state index in [0.717, 1.165) is 0 Å². The highest BCUT2D eigenvalue weighted by atomic mass is 35.5. The largest absolute Gasteiger partial charge is 0.320 e. The Bertz CT molecular complexity index is 543. The molecule has 2 aromatic rings. The number of hydrogen-bond donors (Lipinski definition) is 1. The van der Waals surface area contributed by atoms with Crippen molar-refractivity contribution in [2.75, 3.05) is 0 Å². The van der Waals surface area contributed by atoms with Crippen molar-refractivity contribution in [2.24, 2.45) is 5.73 Å². The Labute approximate surface area is 103 Å². The number of nitrogens with two attached hydrogens (primary N) is 1. The van der Waals surface area contributed by atoms with Crippen molar-refractivity contribution >= 4 is 11.6 Å². The Morgan fingerprint density at radius 1 is 1.00 bits per heavy atom. The van der Waals surface area contributed by atoms with Crippen LogP contribution in [0.4, 0.5) is 8.78 Å². The van der Waals surface area contributed by atoms with Gasteiger partial charge in [-0.2, -0.15) is 0 Å². The fraction of sp³-hybridized carbons (Fsp3) is 0.0769. The molecule has 0 aliphatic rings. The lowest BCUT2D eigenvalue weighted by molar-refractivity contribution is 0.596. The molecule has 2 N–H and O–H groups in total. The van der Waals surface area contributed by atoms with Gasteiger partial charge in [0.15, 0.2) is 0 Å². The predicted octanol–water partition coefficient (Wildman–Crippen LogP) is 3.67. The molecule has 0 amide bonds. The number of benzene rings is 2. The van der Waals surface area contributed by atoms with Crippen LogP contribution in [0.15, 0.2) is 42.5 Å². The first-order valence-corrected chi connectivity index (χ1v) is 5.42. The minimum atomic E-state index is -0.778. The summed E-state index contributed by atoms with van der Waals surface area (Å²) in [5.74, 6) is -0.878. The predicted molar refractivity (Wildman–Crippen MR) is 63.8 cm³/mol. The second kappa shape index (κ2) is 4.82. The lowest BCUT2D eigenvalue weighted by Crippen LogP contribution is -2.14. The Hall–Kier alpha value is -1.45. The van der Waals surface area contributed by atoms with Crippen LogP contribution in [0.2, 0.25) is 5.02 Å². The van der Waals surface area contributed by atoms with E-state index in [4.69, 9.17) is 17.3 Å². The maximum Gasteiger partial charge on any atom is 0.128 e. The molecule has 0 radical (unpaired) electrons. The zero-order valence-corrected chi connectivity index (χ0v) is 9.59. The highest BCUT2D eigenvalue weighted by molar-refractivity contribution is 6.31. The molecule has 1 unspecified atom stereocenters. The topological polar surface area (TPSA) is 26.0 Å². The number of hydrogen-bond acceptors (Lipinski definition) is 1. The minimum absolute atomic E-state index is 0.292. The van der Waals surface area contributed by atoms with Gasteiger partial charge in [0, 0.05) is 10.6 Å². The summed E-state index contributed by atoms with van der Waals surface area (Å²) in [5, 5.41) is 0.321. The molecule has 0 bridgehead atoms. The van der Waals surface area contributed by atoms with Crippen LogP contribution in [0.1, 0.15) is 17.2 Å². The molecule has 0 aliphatic carbocycles. The Morgan fingerprint density at radius 2 is 1.71 bits per heavy atom. The van der Waals surface area contributed by atoms with E-state index in [1.54, 1.807) is 18.2 Å². The molecule has 0 saturated heterocycles. The fourth-order valence-corrected chi connectivity index (χ4v) is 1.88. The lowest BCUT2D eigenvalue weighted by Gasteiger charge is -2.14. The standard InChI is InChI=1S/C13H10ClF2N/c14-11-6-5-8(15)7-10(11)13(17)9-3-1-2-4-12(9)16/h1-7,13H,17H2. The molecule has 0 heterocycles. The molecule has 1 atom stereocenters. The van der Waals surface area contributed by atoms with E-state index in [2.05, 4.69) is 0 Å². The number of rotatable bonds is 2. The summed E-state index contributed by atoms with van der Waals surface area (Å²) in [4.78, 5) is 0. The van der Waals surface area contributed by atoms with Crippen LogP contribution in [-0.4, -0.2) is 0 Å². The normalized spacial score (nSPS) is 12.5. The van der Waals surface area contributed by atoms with Crippen molar-refractivity contribution in [3.05, 3.63) is 70.2 Å². The second-order valence-corrected chi connectivity index (χ2v) is 4.07. The van der Waals surface area contributed by atoms with Gasteiger partial charge < -0.3 is 5.73 Å². The van der Waals surface area contributed by atoms with Gasteiger partial charge in [-0.3, -0.25) is 0 Å². The Balaban J connectivity index is 2.47.